The monoisotopic (exact) mass is 249 g/mol. The van der Waals surface area contributed by atoms with Crippen LogP contribution >= 0.6 is 0 Å². The van der Waals surface area contributed by atoms with E-state index in [2.05, 4.69) is 6.92 Å². The molecule has 0 aromatic heterocycles. The minimum atomic E-state index is -0.171. The summed E-state index contributed by atoms with van der Waals surface area (Å²) in [6, 6.07) is 6.99. The molecule has 1 aromatic carbocycles. The van der Waals surface area contributed by atoms with Crippen LogP contribution in [-0.2, 0) is 6.42 Å². The Labute approximate surface area is 110 Å². The molecule has 2 heteroatoms. The molecule has 1 aliphatic rings. The Morgan fingerprint density at radius 3 is 2.33 bits per heavy atom. The van der Waals surface area contributed by atoms with E-state index < -0.39 is 0 Å². The SMILES string of the molecule is CCC1CCC(C(N)Cc2ccc(F)cc2)CC1. The maximum atomic E-state index is 12.8. The molecule has 1 saturated carbocycles. The summed E-state index contributed by atoms with van der Waals surface area (Å²) in [6.45, 7) is 2.28. The fourth-order valence-electron chi connectivity index (χ4n) is 3.08. The summed E-state index contributed by atoms with van der Waals surface area (Å²) in [5.74, 6) is 1.40. The standard InChI is InChI=1S/C16H24FN/c1-2-12-3-7-14(8-4-12)16(18)11-13-5-9-15(17)10-6-13/h5-6,9-10,12,14,16H,2-4,7-8,11,18H2,1H3. The van der Waals surface area contributed by atoms with Gasteiger partial charge in [0.1, 0.15) is 5.82 Å². The minimum absolute atomic E-state index is 0.171. The normalized spacial score (nSPS) is 25.9. The van der Waals surface area contributed by atoms with Crippen LogP contribution in [0.2, 0.25) is 0 Å². The van der Waals surface area contributed by atoms with Gasteiger partial charge in [0.15, 0.2) is 0 Å². The van der Waals surface area contributed by atoms with Crippen molar-refractivity contribution in [3.8, 4) is 0 Å². The molecule has 0 amide bonds. The average molecular weight is 249 g/mol. The van der Waals surface area contributed by atoms with Crippen LogP contribution < -0.4 is 5.73 Å². The first-order chi connectivity index (χ1) is 8.69. The quantitative estimate of drug-likeness (QED) is 0.860. The molecular weight excluding hydrogens is 225 g/mol. The van der Waals surface area contributed by atoms with Crippen molar-refractivity contribution in [3.05, 3.63) is 35.6 Å². The van der Waals surface area contributed by atoms with Gasteiger partial charge in [0.2, 0.25) is 0 Å². The van der Waals surface area contributed by atoms with Gasteiger partial charge in [-0.25, -0.2) is 4.39 Å². The zero-order valence-electron chi connectivity index (χ0n) is 11.2. The molecule has 1 fully saturated rings. The Morgan fingerprint density at radius 1 is 1.17 bits per heavy atom. The van der Waals surface area contributed by atoms with Crippen LogP contribution in [0.15, 0.2) is 24.3 Å². The molecular formula is C16H24FN. The lowest BCUT2D eigenvalue weighted by atomic mass is 9.76. The molecule has 0 spiro atoms. The molecule has 1 unspecified atom stereocenters. The Bertz CT molecular complexity index is 352. The smallest absolute Gasteiger partial charge is 0.123 e. The Balaban J connectivity index is 1.85. The van der Waals surface area contributed by atoms with Crippen LogP contribution in [0.5, 0.6) is 0 Å². The van der Waals surface area contributed by atoms with Crippen molar-refractivity contribution in [2.45, 2.75) is 51.5 Å². The largest absolute Gasteiger partial charge is 0.327 e. The van der Waals surface area contributed by atoms with Gasteiger partial charge < -0.3 is 5.73 Å². The molecule has 2 N–H and O–H groups in total. The maximum Gasteiger partial charge on any atom is 0.123 e. The third-order valence-electron chi connectivity index (χ3n) is 4.46. The number of rotatable bonds is 4. The lowest BCUT2D eigenvalue weighted by molar-refractivity contribution is 0.238. The lowest BCUT2D eigenvalue weighted by Crippen LogP contribution is -2.34. The van der Waals surface area contributed by atoms with E-state index in [1.54, 1.807) is 0 Å². The fourth-order valence-corrected chi connectivity index (χ4v) is 3.08. The van der Waals surface area contributed by atoms with Gasteiger partial charge in [-0.2, -0.15) is 0 Å². The Hall–Kier alpha value is -0.890. The van der Waals surface area contributed by atoms with E-state index in [0.29, 0.717) is 5.92 Å². The topological polar surface area (TPSA) is 26.0 Å². The zero-order valence-corrected chi connectivity index (χ0v) is 11.2. The van der Waals surface area contributed by atoms with E-state index in [4.69, 9.17) is 5.73 Å². The molecule has 0 bridgehead atoms. The van der Waals surface area contributed by atoms with Gasteiger partial charge in [-0.05, 0) is 48.8 Å². The third kappa shape index (κ3) is 3.55. The molecule has 1 nitrogen and oxygen atoms in total. The summed E-state index contributed by atoms with van der Waals surface area (Å²) in [5.41, 5.74) is 7.47. The number of hydrogen-bond acceptors (Lipinski definition) is 1. The van der Waals surface area contributed by atoms with Gasteiger partial charge >= 0.3 is 0 Å². The summed E-state index contributed by atoms with van der Waals surface area (Å²) in [5, 5.41) is 0. The molecule has 18 heavy (non-hydrogen) atoms. The fraction of sp³-hybridized carbons (Fsp3) is 0.625. The van der Waals surface area contributed by atoms with Crippen molar-refractivity contribution < 1.29 is 4.39 Å². The van der Waals surface area contributed by atoms with E-state index in [1.165, 1.54) is 44.2 Å². The highest BCUT2D eigenvalue weighted by Gasteiger charge is 2.24. The van der Waals surface area contributed by atoms with Gasteiger partial charge in [-0.1, -0.05) is 38.3 Å². The molecule has 1 aromatic rings. The first kappa shape index (κ1) is 13.5. The van der Waals surface area contributed by atoms with Crippen LogP contribution in [0.4, 0.5) is 4.39 Å². The second kappa shape index (κ2) is 6.33. The van der Waals surface area contributed by atoms with Crippen molar-refractivity contribution >= 4 is 0 Å². The minimum Gasteiger partial charge on any atom is -0.327 e. The first-order valence-electron chi connectivity index (χ1n) is 7.19. The van der Waals surface area contributed by atoms with Crippen LogP contribution in [-0.4, -0.2) is 6.04 Å². The summed E-state index contributed by atoms with van der Waals surface area (Å²) >= 11 is 0. The maximum absolute atomic E-state index is 12.8. The second-order valence-electron chi connectivity index (χ2n) is 5.68. The molecule has 1 atom stereocenters. The number of hydrogen-bond donors (Lipinski definition) is 1. The van der Waals surface area contributed by atoms with E-state index in [-0.39, 0.29) is 11.9 Å². The molecule has 2 rings (SSSR count). The van der Waals surface area contributed by atoms with Crippen LogP contribution in [0.1, 0.15) is 44.6 Å². The highest BCUT2D eigenvalue weighted by molar-refractivity contribution is 5.17. The van der Waals surface area contributed by atoms with Gasteiger partial charge in [0, 0.05) is 6.04 Å². The van der Waals surface area contributed by atoms with Gasteiger partial charge in [0.25, 0.3) is 0 Å². The van der Waals surface area contributed by atoms with E-state index in [0.717, 1.165) is 17.9 Å². The number of nitrogens with two attached hydrogens (primary N) is 1. The van der Waals surface area contributed by atoms with Crippen molar-refractivity contribution in [1.82, 2.24) is 0 Å². The zero-order chi connectivity index (χ0) is 13.0. The summed E-state index contributed by atoms with van der Waals surface area (Å²) in [4.78, 5) is 0. The summed E-state index contributed by atoms with van der Waals surface area (Å²) in [6.07, 6.45) is 7.37. The number of benzene rings is 1. The Morgan fingerprint density at radius 2 is 1.78 bits per heavy atom. The van der Waals surface area contributed by atoms with Crippen molar-refractivity contribution in [3.63, 3.8) is 0 Å². The van der Waals surface area contributed by atoms with Crippen LogP contribution in [0, 0.1) is 17.7 Å². The molecule has 0 aliphatic heterocycles. The Kier molecular flexibility index (Phi) is 4.76. The van der Waals surface area contributed by atoms with E-state index in [9.17, 15) is 4.39 Å². The highest BCUT2D eigenvalue weighted by Crippen LogP contribution is 2.32. The lowest BCUT2D eigenvalue weighted by Gasteiger charge is -2.31. The van der Waals surface area contributed by atoms with Crippen molar-refractivity contribution in [1.29, 1.82) is 0 Å². The number of halogens is 1. The molecule has 0 heterocycles. The van der Waals surface area contributed by atoms with Crippen molar-refractivity contribution in [2.24, 2.45) is 17.6 Å². The van der Waals surface area contributed by atoms with Crippen LogP contribution in [0.25, 0.3) is 0 Å². The second-order valence-corrected chi connectivity index (χ2v) is 5.68. The molecule has 0 saturated heterocycles. The van der Waals surface area contributed by atoms with Crippen LogP contribution in [0.3, 0.4) is 0 Å². The van der Waals surface area contributed by atoms with Gasteiger partial charge in [-0.15, -0.1) is 0 Å². The van der Waals surface area contributed by atoms with Crippen molar-refractivity contribution in [2.75, 3.05) is 0 Å². The predicted molar refractivity (Wildman–Crippen MR) is 73.8 cm³/mol. The average Bonchev–Trinajstić information content (AvgIpc) is 2.41. The third-order valence-corrected chi connectivity index (χ3v) is 4.46. The summed E-state index contributed by atoms with van der Waals surface area (Å²) < 4.78 is 12.8. The predicted octanol–water partition coefficient (Wildman–Crippen LogP) is 3.91. The highest BCUT2D eigenvalue weighted by atomic mass is 19.1. The van der Waals surface area contributed by atoms with E-state index in [1.807, 2.05) is 12.1 Å². The van der Waals surface area contributed by atoms with Gasteiger partial charge in [0.05, 0.1) is 0 Å². The van der Waals surface area contributed by atoms with Gasteiger partial charge in [-0.3, -0.25) is 0 Å². The molecule has 100 valence electrons. The van der Waals surface area contributed by atoms with E-state index >= 15 is 0 Å². The molecule has 0 radical (unpaired) electrons. The first-order valence-corrected chi connectivity index (χ1v) is 7.19. The summed E-state index contributed by atoms with van der Waals surface area (Å²) in [7, 11) is 0. The molecule has 1 aliphatic carbocycles.